The first-order valence-electron chi connectivity index (χ1n) is 12.0. The molecule has 4 rings (SSSR count). The number of fused-ring (bicyclic) bond motifs is 1. The number of aliphatic hydroxyl groups is 1. The minimum atomic E-state index is -0.962. The first kappa shape index (κ1) is 25.3. The summed E-state index contributed by atoms with van der Waals surface area (Å²) in [5, 5.41) is 26.6. The molecular weight excluding hydrogens is 460 g/mol. The summed E-state index contributed by atoms with van der Waals surface area (Å²) in [4.78, 5) is 23.8. The Morgan fingerprint density at radius 2 is 1.89 bits per heavy atom. The van der Waals surface area contributed by atoms with E-state index in [1.807, 2.05) is 30.3 Å². The van der Waals surface area contributed by atoms with Crippen molar-refractivity contribution in [3.63, 3.8) is 0 Å². The highest BCUT2D eigenvalue weighted by Crippen LogP contribution is 2.45. The molecule has 0 saturated carbocycles. The summed E-state index contributed by atoms with van der Waals surface area (Å²) in [5.41, 5.74) is 1.80. The zero-order chi connectivity index (χ0) is 25.9. The minimum absolute atomic E-state index is 0.148. The van der Waals surface area contributed by atoms with Gasteiger partial charge in [-0.05, 0) is 63.1 Å². The highest BCUT2D eigenvalue weighted by Gasteiger charge is 2.43. The van der Waals surface area contributed by atoms with Gasteiger partial charge in [-0.3, -0.25) is 10.1 Å². The van der Waals surface area contributed by atoms with Crippen molar-refractivity contribution in [1.29, 1.82) is 0 Å². The van der Waals surface area contributed by atoms with Crippen LogP contribution in [-0.2, 0) is 11.2 Å². The molecule has 0 amide bonds. The van der Waals surface area contributed by atoms with Crippen LogP contribution in [0.4, 0.5) is 5.69 Å². The van der Waals surface area contributed by atoms with Gasteiger partial charge in [0.25, 0.3) is 5.69 Å². The molecule has 2 N–H and O–H groups in total. The van der Waals surface area contributed by atoms with E-state index in [4.69, 9.17) is 9.47 Å². The molecule has 0 spiro atoms. The van der Waals surface area contributed by atoms with Gasteiger partial charge < -0.3 is 19.9 Å². The minimum Gasteiger partial charge on any atom is -0.484 e. The topological polar surface area (TPSA) is 111 Å². The van der Waals surface area contributed by atoms with Gasteiger partial charge in [0.2, 0.25) is 0 Å². The first-order chi connectivity index (χ1) is 17.2. The standard InChI is InChI=1S/C28H30N2O6/c1-4-35-27(32)20-12-8-11-19(15-20)21-16-22-24(17-23(21)30(33)34)36-28(2,3)26(31)25(22)29-14-13-18-9-6-5-7-10-18/h5-12,15-17,25-26,29,31H,4,13-14H2,1-3H3. The number of nitro benzene ring substituents is 1. The molecule has 1 heterocycles. The van der Waals surface area contributed by atoms with E-state index < -0.39 is 28.6 Å². The lowest BCUT2D eigenvalue weighted by Gasteiger charge is -2.42. The van der Waals surface area contributed by atoms with Gasteiger partial charge in [-0.25, -0.2) is 4.79 Å². The second kappa shape index (κ2) is 10.5. The fourth-order valence-electron chi connectivity index (χ4n) is 4.48. The predicted molar refractivity (Wildman–Crippen MR) is 136 cm³/mol. The van der Waals surface area contributed by atoms with Gasteiger partial charge in [-0.2, -0.15) is 0 Å². The maximum absolute atomic E-state index is 12.3. The van der Waals surface area contributed by atoms with E-state index in [0.717, 1.165) is 12.0 Å². The molecule has 2 unspecified atom stereocenters. The van der Waals surface area contributed by atoms with E-state index in [0.29, 0.717) is 34.5 Å². The summed E-state index contributed by atoms with van der Waals surface area (Å²) < 4.78 is 11.1. The number of nitro groups is 1. The molecule has 36 heavy (non-hydrogen) atoms. The number of nitrogens with one attached hydrogen (secondary N) is 1. The van der Waals surface area contributed by atoms with Crippen LogP contribution in [0, 0.1) is 10.1 Å². The number of nitrogens with zero attached hydrogens (tertiary/aromatic N) is 1. The normalized spacial score (nSPS) is 18.1. The van der Waals surface area contributed by atoms with Gasteiger partial charge in [-0.15, -0.1) is 0 Å². The van der Waals surface area contributed by atoms with Gasteiger partial charge >= 0.3 is 5.97 Å². The second-order valence-electron chi connectivity index (χ2n) is 9.28. The van der Waals surface area contributed by atoms with Crippen LogP contribution in [-0.4, -0.2) is 40.9 Å². The predicted octanol–water partition coefficient (Wildman–Crippen LogP) is 4.84. The molecule has 1 aliphatic rings. The Hall–Kier alpha value is -3.75. The van der Waals surface area contributed by atoms with E-state index >= 15 is 0 Å². The number of carbonyl (C=O) groups is 1. The van der Waals surface area contributed by atoms with E-state index in [1.165, 1.54) is 6.07 Å². The molecule has 1 aliphatic heterocycles. The largest absolute Gasteiger partial charge is 0.484 e. The SMILES string of the molecule is CCOC(=O)c1cccc(-c2cc3c(cc2[N+](=O)[O-])OC(C)(C)C(O)C3NCCc2ccccc2)c1. The van der Waals surface area contributed by atoms with Crippen LogP contribution in [0.15, 0.2) is 66.7 Å². The number of hydrogen-bond donors (Lipinski definition) is 2. The Labute approximate surface area is 210 Å². The molecule has 8 heteroatoms. The van der Waals surface area contributed by atoms with Crippen LogP contribution in [0.25, 0.3) is 11.1 Å². The average Bonchev–Trinajstić information content (AvgIpc) is 2.86. The summed E-state index contributed by atoms with van der Waals surface area (Å²) in [6, 6.07) is 19.1. The fraction of sp³-hybridized carbons (Fsp3) is 0.321. The molecule has 2 atom stereocenters. The Balaban J connectivity index is 1.74. The highest BCUT2D eigenvalue weighted by atomic mass is 16.6. The zero-order valence-corrected chi connectivity index (χ0v) is 20.6. The van der Waals surface area contributed by atoms with Crippen molar-refractivity contribution in [1.82, 2.24) is 5.32 Å². The van der Waals surface area contributed by atoms with Crippen LogP contribution in [0.2, 0.25) is 0 Å². The molecule has 0 bridgehead atoms. The van der Waals surface area contributed by atoms with E-state index in [2.05, 4.69) is 5.32 Å². The Morgan fingerprint density at radius 1 is 1.14 bits per heavy atom. The molecular formula is C28H30N2O6. The number of hydrogen-bond acceptors (Lipinski definition) is 7. The number of rotatable bonds is 8. The lowest BCUT2D eigenvalue weighted by molar-refractivity contribution is -0.384. The number of esters is 1. The van der Waals surface area contributed by atoms with Gasteiger partial charge in [0.05, 0.1) is 34.8 Å². The van der Waals surface area contributed by atoms with Crippen LogP contribution >= 0.6 is 0 Å². The summed E-state index contributed by atoms with van der Waals surface area (Å²) in [7, 11) is 0. The van der Waals surface area contributed by atoms with E-state index in [1.54, 1.807) is 51.1 Å². The summed E-state index contributed by atoms with van der Waals surface area (Å²) in [5.74, 6) is -0.152. The third-order valence-electron chi connectivity index (χ3n) is 6.37. The van der Waals surface area contributed by atoms with Crippen molar-refractivity contribution < 1.29 is 24.3 Å². The summed E-state index contributed by atoms with van der Waals surface area (Å²) >= 11 is 0. The fourth-order valence-corrected chi connectivity index (χ4v) is 4.48. The van der Waals surface area contributed by atoms with Gasteiger partial charge in [-0.1, -0.05) is 42.5 Å². The molecule has 0 fully saturated rings. The Kier molecular flexibility index (Phi) is 7.37. The van der Waals surface area contributed by atoms with Gasteiger partial charge in [0.15, 0.2) is 0 Å². The third-order valence-corrected chi connectivity index (χ3v) is 6.37. The van der Waals surface area contributed by atoms with Crippen molar-refractivity contribution in [2.45, 2.75) is 44.9 Å². The molecule has 0 aromatic heterocycles. The van der Waals surface area contributed by atoms with Crippen molar-refractivity contribution in [2.24, 2.45) is 0 Å². The first-order valence-corrected chi connectivity index (χ1v) is 12.0. The van der Waals surface area contributed by atoms with Crippen molar-refractivity contribution >= 4 is 11.7 Å². The second-order valence-corrected chi connectivity index (χ2v) is 9.28. The Morgan fingerprint density at radius 3 is 2.58 bits per heavy atom. The lowest BCUT2D eigenvalue weighted by Crippen LogP contribution is -2.52. The molecule has 0 saturated heterocycles. The number of ether oxygens (including phenoxy) is 2. The van der Waals surface area contributed by atoms with Crippen LogP contribution in [0.5, 0.6) is 5.75 Å². The van der Waals surface area contributed by atoms with Gasteiger partial charge in [0.1, 0.15) is 17.5 Å². The van der Waals surface area contributed by atoms with E-state index in [-0.39, 0.29) is 12.3 Å². The molecule has 8 nitrogen and oxygen atoms in total. The van der Waals surface area contributed by atoms with E-state index in [9.17, 15) is 20.0 Å². The molecule has 3 aromatic carbocycles. The van der Waals surface area contributed by atoms with Crippen LogP contribution in [0.3, 0.4) is 0 Å². The molecule has 0 aliphatic carbocycles. The molecule has 0 radical (unpaired) electrons. The highest BCUT2D eigenvalue weighted by molar-refractivity contribution is 5.91. The maximum atomic E-state index is 12.3. The molecule has 188 valence electrons. The maximum Gasteiger partial charge on any atom is 0.338 e. The van der Waals surface area contributed by atoms with Crippen molar-refractivity contribution in [2.75, 3.05) is 13.2 Å². The number of aliphatic hydroxyl groups excluding tert-OH is 1. The Bertz CT molecular complexity index is 1260. The number of benzene rings is 3. The quantitative estimate of drug-likeness (QED) is 0.264. The monoisotopic (exact) mass is 490 g/mol. The van der Waals surface area contributed by atoms with Crippen LogP contribution < -0.4 is 10.1 Å². The number of carbonyl (C=O) groups excluding carboxylic acids is 1. The van der Waals surface area contributed by atoms with Crippen LogP contribution in [0.1, 0.15) is 48.3 Å². The summed E-state index contributed by atoms with van der Waals surface area (Å²) in [6.45, 7) is 6.05. The summed E-state index contributed by atoms with van der Waals surface area (Å²) in [6.07, 6.45) is -0.150. The van der Waals surface area contributed by atoms with Crippen molar-refractivity contribution in [3.8, 4) is 16.9 Å². The van der Waals surface area contributed by atoms with Crippen molar-refractivity contribution in [3.05, 3.63) is 93.5 Å². The smallest absolute Gasteiger partial charge is 0.338 e. The zero-order valence-electron chi connectivity index (χ0n) is 20.6. The lowest BCUT2D eigenvalue weighted by atomic mass is 9.84. The average molecular weight is 491 g/mol. The van der Waals surface area contributed by atoms with Gasteiger partial charge in [0, 0.05) is 5.56 Å². The third kappa shape index (κ3) is 5.24. The molecule has 3 aromatic rings.